The molecule has 4 aromatic rings. The number of fused-ring (bicyclic) bond motifs is 1. The number of pyridine rings is 3. The van der Waals surface area contributed by atoms with Crippen LogP contribution in [-0.4, -0.2) is 20.9 Å². The summed E-state index contributed by atoms with van der Waals surface area (Å²) >= 11 is 6.06. The van der Waals surface area contributed by atoms with Crippen LogP contribution >= 0.6 is 11.6 Å². The molecule has 156 valence electrons. The van der Waals surface area contributed by atoms with Crippen LogP contribution in [0.25, 0.3) is 10.9 Å². The molecule has 0 aliphatic rings. The number of benzene rings is 1. The normalized spacial score (nSPS) is 10.9. The molecule has 31 heavy (non-hydrogen) atoms. The highest BCUT2D eigenvalue weighted by molar-refractivity contribution is 6.31. The number of carbonyl (C=O) groups excluding carboxylic acids is 1. The molecule has 1 aromatic carbocycles. The van der Waals surface area contributed by atoms with E-state index in [4.69, 9.17) is 17.3 Å². The number of hydrogen-bond acceptors (Lipinski definition) is 5. The molecule has 0 saturated carbocycles. The van der Waals surface area contributed by atoms with Crippen molar-refractivity contribution in [1.29, 1.82) is 0 Å². The Kier molecular flexibility index (Phi) is 5.82. The molecule has 0 aliphatic heterocycles. The zero-order valence-corrected chi connectivity index (χ0v) is 18.1. The summed E-state index contributed by atoms with van der Waals surface area (Å²) in [5.41, 5.74) is 12.0. The fraction of sp³-hybridized carbons (Fsp3) is 0.167. The Balaban J connectivity index is 1.48. The number of amides is 1. The largest absolute Gasteiger partial charge is 0.384 e. The predicted molar refractivity (Wildman–Crippen MR) is 123 cm³/mol. The Labute approximate surface area is 185 Å². The van der Waals surface area contributed by atoms with Gasteiger partial charge in [-0.1, -0.05) is 17.7 Å². The van der Waals surface area contributed by atoms with Crippen molar-refractivity contribution in [2.75, 3.05) is 5.73 Å². The van der Waals surface area contributed by atoms with Gasteiger partial charge in [-0.3, -0.25) is 14.8 Å². The molecule has 3 N–H and O–H groups in total. The van der Waals surface area contributed by atoms with Crippen LogP contribution in [0, 0.1) is 13.8 Å². The fourth-order valence-corrected chi connectivity index (χ4v) is 3.80. The zero-order valence-electron chi connectivity index (χ0n) is 17.3. The minimum Gasteiger partial charge on any atom is -0.384 e. The van der Waals surface area contributed by atoms with Crippen molar-refractivity contribution in [1.82, 2.24) is 20.3 Å². The van der Waals surface area contributed by atoms with E-state index < -0.39 is 0 Å². The Morgan fingerprint density at radius 3 is 2.71 bits per heavy atom. The van der Waals surface area contributed by atoms with E-state index in [2.05, 4.69) is 26.3 Å². The number of nitrogens with zero attached hydrogens (tertiary/aromatic N) is 3. The molecule has 0 aliphatic carbocycles. The van der Waals surface area contributed by atoms with Crippen molar-refractivity contribution in [2.45, 2.75) is 26.8 Å². The maximum atomic E-state index is 12.7. The summed E-state index contributed by atoms with van der Waals surface area (Å²) in [4.78, 5) is 25.6. The third-order valence-corrected chi connectivity index (χ3v) is 5.38. The molecule has 0 atom stereocenters. The number of nitrogen functional groups attached to an aromatic ring is 1. The molecule has 1 amide bonds. The molecule has 3 heterocycles. The van der Waals surface area contributed by atoms with Crippen LogP contribution in [0.3, 0.4) is 0 Å². The molecule has 0 fully saturated rings. The smallest absolute Gasteiger partial charge is 0.253 e. The van der Waals surface area contributed by atoms with Gasteiger partial charge < -0.3 is 11.1 Å². The molecule has 0 unspecified atom stereocenters. The van der Waals surface area contributed by atoms with Crippen molar-refractivity contribution in [3.63, 3.8) is 0 Å². The van der Waals surface area contributed by atoms with Crippen LogP contribution in [0.1, 0.15) is 38.3 Å². The summed E-state index contributed by atoms with van der Waals surface area (Å²) in [5.74, 6) is 0.299. The first-order valence-electron chi connectivity index (χ1n) is 9.88. The van der Waals surface area contributed by atoms with Crippen LogP contribution in [0.15, 0.2) is 55.0 Å². The predicted octanol–water partition coefficient (Wildman–Crippen LogP) is 4.40. The number of anilines is 1. The monoisotopic (exact) mass is 431 g/mol. The van der Waals surface area contributed by atoms with E-state index in [1.54, 1.807) is 18.6 Å². The van der Waals surface area contributed by atoms with E-state index in [9.17, 15) is 4.79 Å². The summed E-state index contributed by atoms with van der Waals surface area (Å²) in [6.45, 7) is 4.23. The highest BCUT2D eigenvalue weighted by atomic mass is 35.5. The summed E-state index contributed by atoms with van der Waals surface area (Å²) in [5, 5.41) is 4.54. The minimum absolute atomic E-state index is 0.181. The van der Waals surface area contributed by atoms with Gasteiger partial charge in [-0.05, 0) is 72.9 Å². The van der Waals surface area contributed by atoms with Crippen molar-refractivity contribution in [3.8, 4) is 0 Å². The Morgan fingerprint density at radius 2 is 1.90 bits per heavy atom. The molecule has 6 nitrogen and oxygen atoms in total. The summed E-state index contributed by atoms with van der Waals surface area (Å²) in [7, 11) is 0. The molecule has 4 rings (SSSR count). The van der Waals surface area contributed by atoms with Gasteiger partial charge in [0.2, 0.25) is 0 Å². The van der Waals surface area contributed by atoms with Gasteiger partial charge in [-0.2, -0.15) is 0 Å². The quantitative estimate of drug-likeness (QED) is 0.488. The fourth-order valence-electron chi connectivity index (χ4n) is 3.63. The second kappa shape index (κ2) is 8.70. The number of halogens is 1. The van der Waals surface area contributed by atoms with Crippen LogP contribution in [0.4, 0.5) is 5.82 Å². The van der Waals surface area contributed by atoms with E-state index >= 15 is 0 Å². The maximum Gasteiger partial charge on any atom is 0.253 e. The number of hydrogen-bond donors (Lipinski definition) is 2. The summed E-state index contributed by atoms with van der Waals surface area (Å²) in [6, 6.07) is 11.6. The SMILES string of the molecule is Cc1cc(N)nc(C)c1CNC(=O)c1cncc(Cc2ccc3ncc(Cl)cc3c2)c1. The average molecular weight is 432 g/mol. The van der Waals surface area contributed by atoms with Crippen LogP contribution in [-0.2, 0) is 13.0 Å². The van der Waals surface area contributed by atoms with E-state index in [0.717, 1.165) is 38.9 Å². The Morgan fingerprint density at radius 1 is 1.06 bits per heavy atom. The topological polar surface area (TPSA) is 93.8 Å². The van der Waals surface area contributed by atoms with E-state index in [1.807, 2.05) is 44.2 Å². The lowest BCUT2D eigenvalue weighted by Gasteiger charge is -2.12. The van der Waals surface area contributed by atoms with Gasteiger partial charge in [-0.25, -0.2) is 4.98 Å². The molecular formula is C24H22ClN5O. The third-order valence-electron chi connectivity index (χ3n) is 5.18. The van der Waals surface area contributed by atoms with Gasteiger partial charge in [0.1, 0.15) is 5.82 Å². The van der Waals surface area contributed by atoms with Crippen LogP contribution in [0.5, 0.6) is 0 Å². The van der Waals surface area contributed by atoms with Crippen molar-refractivity contribution in [2.24, 2.45) is 0 Å². The first-order chi connectivity index (χ1) is 14.9. The molecule has 0 radical (unpaired) electrons. The molecule has 0 saturated heterocycles. The second-order valence-corrected chi connectivity index (χ2v) is 7.99. The van der Waals surface area contributed by atoms with Crippen molar-refractivity contribution in [3.05, 3.63) is 93.5 Å². The van der Waals surface area contributed by atoms with Gasteiger partial charge in [0, 0.05) is 36.2 Å². The van der Waals surface area contributed by atoms with Crippen molar-refractivity contribution < 1.29 is 4.79 Å². The number of aryl methyl sites for hydroxylation is 2. The lowest BCUT2D eigenvalue weighted by molar-refractivity contribution is 0.0950. The van der Waals surface area contributed by atoms with Crippen LogP contribution in [0.2, 0.25) is 5.02 Å². The zero-order chi connectivity index (χ0) is 22.0. The highest BCUT2D eigenvalue weighted by Gasteiger charge is 2.11. The van der Waals surface area contributed by atoms with Gasteiger partial charge in [-0.15, -0.1) is 0 Å². The lowest BCUT2D eigenvalue weighted by atomic mass is 10.0. The number of nitrogens with two attached hydrogens (primary N) is 1. The van der Waals surface area contributed by atoms with Gasteiger partial charge >= 0.3 is 0 Å². The van der Waals surface area contributed by atoms with Gasteiger partial charge in [0.15, 0.2) is 0 Å². The molecule has 0 bridgehead atoms. The number of carbonyl (C=O) groups is 1. The number of nitrogens with one attached hydrogen (secondary N) is 1. The molecule has 7 heteroatoms. The molecule has 3 aromatic heterocycles. The van der Waals surface area contributed by atoms with Gasteiger partial charge in [0.05, 0.1) is 16.1 Å². The van der Waals surface area contributed by atoms with Gasteiger partial charge in [0.25, 0.3) is 5.91 Å². The Hall–Kier alpha value is -3.51. The van der Waals surface area contributed by atoms with E-state index in [1.165, 1.54) is 0 Å². The van der Waals surface area contributed by atoms with E-state index in [0.29, 0.717) is 29.4 Å². The first-order valence-corrected chi connectivity index (χ1v) is 10.3. The summed E-state index contributed by atoms with van der Waals surface area (Å²) < 4.78 is 0. The number of rotatable bonds is 5. The van der Waals surface area contributed by atoms with E-state index in [-0.39, 0.29) is 5.91 Å². The Bertz CT molecular complexity index is 1270. The first kappa shape index (κ1) is 20.8. The molecule has 0 spiro atoms. The second-order valence-electron chi connectivity index (χ2n) is 7.55. The lowest BCUT2D eigenvalue weighted by Crippen LogP contribution is -2.24. The third kappa shape index (κ3) is 4.81. The molecular weight excluding hydrogens is 410 g/mol. The maximum absolute atomic E-state index is 12.7. The van der Waals surface area contributed by atoms with Crippen molar-refractivity contribution >= 4 is 34.2 Å². The highest BCUT2D eigenvalue weighted by Crippen LogP contribution is 2.20. The minimum atomic E-state index is -0.181. The standard InChI is InChI=1S/C24H22ClN5O/c1-14-5-23(26)30-15(2)21(14)13-29-24(31)19-8-17(10-27-11-19)6-16-3-4-22-18(7-16)9-20(25)12-28-22/h3-5,7-12H,6,13H2,1-2H3,(H2,26,30)(H,29,31). The summed E-state index contributed by atoms with van der Waals surface area (Å²) in [6.07, 6.45) is 5.63. The average Bonchev–Trinajstić information content (AvgIpc) is 2.72. The van der Waals surface area contributed by atoms with Crippen LogP contribution < -0.4 is 11.1 Å². The number of aromatic nitrogens is 3.